The number of aliphatic hydroxyl groups is 1. The molecule has 0 aliphatic carbocycles. The Labute approximate surface area is 187 Å². The molecule has 1 saturated heterocycles. The largest absolute Gasteiger partial charge is 0.453 e. The summed E-state index contributed by atoms with van der Waals surface area (Å²) < 4.78 is 24.8. The van der Waals surface area contributed by atoms with E-state index in [4.69, 9.17) is 14.7 Å². The van der Waals surface area contributed by atoms with E-state index in [0.717, 1.165) is 16.8 Å². The van der Waals surface area contributed by atoms with Crippen LogP contribution in [0.25, 0.3) is 11.1 Å². The summed E-state index contributed by atoms with van der Waals surface area (Å²) in [7, 11) is 1.26. The number of fused-ring (bicyclic) bond motifs is 3. The van der Waals surface area contributed by atoms with E-state index in [1.807, 2.05) is 6.07 Å². The number of pyridine rings is 1. The topological polar surface area (TPSA) is 123 Å². The molecule has 2 amide bonds. The van der Waals surface area contributed by atoms with Gasteiger partial charge in [-0.15, -0.1) is 0 Å². The molecule has 2 N–H and O–H groups in total. The lowest BCUT2D eigenvalue weighted by atomic mass is 10.00. The molecule has 1 aromatic heterocycles. The number of alkyl carbamates (subject to hydrolysis) is 1. The maximum Gasteiger partial charge on any atom is 0.415 e. The maximum atomic E-state index is 14.8. The fourth-order valence-corrected chi connectivity index (χ4v) is 4.36. The van der Waals surface area contributed by atoms with Gasteiger partial charge in [0.15, 0.2) is 11.9 Å². The van der Waals surface area contributed by atoms with Gasteiger partial charge in [-0.25, -0.2) is 14.0 Å². The third-order valence-corrected chi connectivity index (χ3v) is 6.00. The molecule has 3 aliphatic heterocycles. The SMILES string of the molecule is COC(=O)NC[C@@H]1OC(=O)N2c3ccc(-c4cnc(C5=NOC(CO)C5)c(F)c4)cc3CC12. The average molecular weight is 456 g/mol. The van der Waals surface area contributed by atoms with Crippen molar-refractivity contribution in [1.29, 1.82) is 0 Å². The van der Waals surface area contributed by atoms with E-state index in [-0.39, 0.29) is 31.3 Å². The summed E-state index contributed by atoms with van der Waals surface area (Å²) in [6.07, 6.45) is 0.324. The lowest BCUT2D eigenvalue weighted by molar-refractivity contribution is 0.0390. The zero-order valence-corrected chi connectivity index (χ0v) is 17.7. The molecule has 3 aliphatic rings. The van der Waals surface area contributed by atoms with Gasteiger partial charge in [-0.1, -0.05) is 11.2 Å². The van der Waals surface area contributed by atoms with E-state index in [2.05, 4.69) is 20.2 Å². The summed E-state index contributed by atoms with van der Waals surface area (Å²) in [5, 5.41) is 15.5. The fraction of sp³-hybridized carbons (Fsp3) is 0.364. The lowest BCUT2D eigenvalue weighted by Gasteiger charge is -2.16. The smallest absolute Gasteiger partial charge is 0.415 e. The number of nitrogens with zero attached hydrogens (tertiary/aromatic N) is 3. The van der Waals surface area contributed by atoms with Crippen molar-refractivity contribution < 1.29 is 33.4 Å². The highest BCUT2D eigenvalue weighted by atomic mass is 19.1. The van der Waals surface area contributed by atoms with Gasteiger partial charge in [-0.05, 0) is 35.7 Å². The second-order valence-electron chi connectivity index (χ2n) is 7.99. The van der Waals surface area contributed by atoms with Gasteiger partial charge in [0.2, 0.25) is 0 Å². The van der Waals surface area contributed by atoms with Crippen molar-refractivity contribution in [1.82, 2.24) is 10.3 Å². The summed E-state index contributed by atoms with van der Waals surface area (Å²) in [6.45, 7) is -0.0608. The van der Waals surface area contributed by atoms with E-state index < -0.39 is 30.2 Å². The molecule has 1 aromatic carbocycles. The third-order valence-electron chi connectivity index (χ3n) is 6.00. The number of aromatic nitrogens is 1. The Morgan fingerprint density at radius 1 is 1.33 bits per heavy atom. The number of halogens is 1. The third kappa shape index (κ3) is 3.74. The van der Waals surface area contributed by atoms with Crippen LogP contribution >= 0.6 is 0 Å². The van der Waals surface area contributed by atoms with Crippen LogP contribution in [0.15, 0.2) is 35.6 Å². The van der Waals surface area contributed by atoms with Crippen LogP contribution in [-0.4, -0.2) is 66.5 Å². The lowest BCUT2D eigenvalue weighted by Crippen LogP contribution is -2.40. The van der Waals surface area contributed by atoms with Crippen LogP contribution in [0.3, 0.4) is 0 Å². The van der Waals surface area contributed by atoms with Crippen LogP contribution in [0, 0.1) is 5.82 Å². The van der Waals surface area contributed by atoms with Crippen LogP contribution < -0.4 is 10.2 Å². The van der Waals surface area contributed by atoms with E-state index in [0.29, 0.717) is 17.7 Å². The van der Waals surface area contributed by atoms with Crippen LogP contribution in [0.2, 0.25) is 0 Å². The van der Waals surface area contributed by atoms with E-state index >= 15 is 0 Å². The molecule has 0 radical (unpaired) electrons. The zero-order valence-electron chi connectivity index (χ0n) is 17.7. The number of benzene rings is 1. The fourth-order valence-electron chi connectivity index (χ4n) is 4.36. The standard InChI is InChI=1S/C22H21FN4O6/c1-31-21(29)25-9-19-18-6-12-4-11(2-3-17(12)27(18)22(30)32-19)13-5-15(23)20(24-8-13)16-7-14(10-28)33-26-16/h2-5,8,14,18-19,28H,6-7,9-10H2,1H3,(H,25,29)/t14?,18?,19-/m0/s1. The molecule has 3 atom stereocenters. The maximum absolute atomic E-state index is 14.8. The molecule has 33 heavy (non-hydrogen) atoms. The predicted octanol–water partition coefficient (Wildman–Crippen LogP) is 1.98. The first-order chi connectivity index (χ1) is 16.0. The number of rotatable bonds is 5. The first-order valence-electron chi connectivity index (χ1n) is 10.4. The van der Waals surface area contributed by atoms with Crippen molar-refractivity contribution >= 4 is 23.6 Å². The number of oxime groups is 1. The molecule has 172 valence electrons. The summed E-state index contributed by atoms with van der Waals surface area (Å²) in [6, 6.07) is 6.63. The van der Waals surface area contributed by atoms with Crippen LogP contribution in [0.1, 0.15) is 17.7 Å². The van der Waals surface area contributed by atoms with Gasteiger partial charge >= 0.3 is 12.2 Å². The Kier molecular flexibility index (Phi) is 5.33. The number of carbonyl (C=O) groups excluding carboxylic acids is 2. The minimum Gasteiger partial charge on any atom is -0.453 e. The van der Waals surface area contributed by atoms with Crippen molar-refractivity contribution in [3.05, 3.63) is 47.5 Å². The molecular weight excluding hydrogens is 435 g/mol. The number of hydrogen-bond donors (Lipinski definition) is 2. The number of aliphatic hydroxyl groups excluding tert-OH is 1. The Hall–Kier alpha value is -3.73. The molecule has 2 unspecified atom stereocenters. The van der Waals surface area contributed by atoms with Crippen LogP contribution in [0.5, 0.6) is 0 Å². The van der Waals surface area contributed by atoms with Crippen molar-refractivity contribution in [2.75, 3.05) is 25.2 Å². The molecule has 2 aromatic rings. The molecule has 10 nitrogen and oxygen atoms in total. The average Bonchev–Trinajstić information content (AvgIpc) is 3.52. The second-order valence-corrected chi connectivity index (χ2v) is 7.99. The van der Waals surface area contributed by atoms with Gasteiger partial charge in [0.05, 0.1) is 32.0 Å². The number of hydrogen-bond acceptors (Lipinski definition) is 8. The first-order valence-corrected chi connectivity index (χ1v) is 10.4. The number of carbonyl (C=O) groups is 2. The van der Waals surface area contributed by atoms with E-state index in [1.165, 1.54) is 13.2 Å². The van der Waals surface area contributed by atoms with Crippen molar-refractivity contribution in [2.45, 2.75) is 31.1 Å². The van der Waals surface area contributed by atoms with Gasteiger partial charge in [-0.3, -0.25) is 9.88 Å². The quantitative estimate of drug-likeness (QED) is 0.705. The Balaban J connectivity index is 1.36. The molecule has 0 bridgehead atoms. The zero-order chi connectivity index (χ0) is 23.1. The van der Waals surface area contributed by atoms with Gasteiger partial charge < -0.3 is 24.7 Å². The number of nitrogens with one attached hydrogen (secondary N) is 1. The second kappa shape index (κ2) is 8.32. The predicted molar refractivity (Wildman–Crippen MR) is 113 cm³/mol. The number of ether oxygens (including phenoxy) is 2. The Bertz CT molecular complexity index is 1160. The molecule has 1 fully saturated rings. The molecule has 0 spiro atoms. The first kappa shape index (κ1) is 21.1. The number of methoxy groups -OCH3 is 1. The normalized spacial score (nSPS) is 22.9. The highest BCUT2D eigenvalue weighted by Crippen LogP contribution is 2.40. The number of anilines is 1. The summed E-state index contributed by atoms with van der Waals surface area (Å²) in [5.41, 5.74) is 3.44. The Morgan fingerprint density at radius 2 is 2.18 bits per heavy atom. The molecular formula is C22H21FN4O6. The van der Waals surface area contributed by atoms with Gasteiger partial charge in [-0.2, -0.15) is 0 Å². The van der Waals surface area contributed by atoms with Crippen LogP contribution in [0.4, 0.5) is 19.7 Å². The Morgan fingerprint density at radius 3 is 2.91 bits per heavy atom. The summed E-state index contributed by atoms with van der Waals surface area (Å²) in [5.74, 6) is -0.535. The molecule has 0 saturated carbocycles. The minimum atomic E-state index is -0.595. The highest BCUT2D eigenvalue weighted by Gasteiger charge is 2.47. The molecule has 4 heterocycles. The van der Waals surface area contributed by atoms with Crippen LogP contribution in [-0.2, 0) is 20.7 Å². The van der Waals surface area contributed by atoms with Crippen molar-refractivity contribution in [3.63, 3.8) is 0 Å². The number of cyclic esters (lactones) is 1. The van der Waals surface area contributed by atoms with Crippen molar-refractivity contribution in [2.24, 2.45) is 5.16 Å². The van der Waals surface area contributed by atoms with Crippen molar-refractivity contribution in [3.8, 4) is 11.1 Å². The summed E-state index contributed by atoms with van der Waals surface area (Å²) in [4.78, 5) is 34.6. The monoisotopic (exact) mass is 456 g/mol. The van der Waals surface area contributed by atoms with Gasteiger partial charge in [0, 0.05) is 18.2 Å². The minimum absolute atomic E-state index is 0.0974. The number of amides is 2. The highest BCUT2D eigenvalue weighted by molar-refractivity contribution is 6.00. The summed E-state index contributed by atoms with van der Waals surface area (Å²) >= 11 is 0. The van der Waals surface area contributed by atoms with E-state index in [1.54, 1.807) is 23.2 Å². The molecule has 11 heteroatoms. The molecule has 5 rings (SSSR count). The van der Waals surface area contributed by atoms with Gasteiger partial charge in [0.1, 0.15) is 17.5 Å². The van der Waals surface area contributed by atoms with Gasteiger partial charge in [0.25, 0.3) is 0 Å². The van der Waals surface area contributed by atoms with E-state index in [9.17, 15) is 14.0 Å².